The third-order valence-electron chi connectivity index (χ3n) is 6.25. The molecule has 0 spiro atoms. The molecular weight excluding hydrogens is 594 g/mol. The van der Waals surface area contributed by atoms with E-state index in [4.69, 9.17) is 9.97 Å². The van der Waals surface area contributed by atoms with Crippen molar-refractivity contribution in [3.05, 3.63) is 84.2 Å². The van der Waals surface area contributed by atoms with Crippen molar-refractivity contribution >= 4 is 67.1 Å². The van der Waals surface area contributed by atoms with Gasteiger partial charge in [0.15, 0.2) is 0 Å². The molecule has 0 saturated carbocycles. The van der Waals surface area contributed by atoms with Gasteiger partial charge in [-0.1, -0.05) is 0 Å². The van der Waals surface area contributed by atoms with Gasteiger partial charge in [0.1, 0.15) is 0 Å². The Labute approximate surface area is 206 Å². The number of aromatic nitrogens is 2. The van der Waals surface area contributed by atoms with E-state index in [-0.39, 0.29) is 0 Å². The SMILES string of the molecule is C[Si](C)(C)[CH](c1cccc2cccnc12)[Sn](=[Se])[CH](c1cccc2cccnc12)[Si](C)(C)C. The molecule has 2 nitrogen and oxygen atoms in total. The Balaban J connectivity index is 1.95. The molecule has 0 amide bonds. The molecular formula is C26H32N2SeSi2Sn. The van der Waals surface area contributed by atoms with Gasteiger partial charge >= 0.3 is 208 Å². The molecule has 0 radical (unpaired) electrons. The van der Waals surface area contributed by atoms with E-state index in [2.05, 4.69) is 112 Å². The molecule has 6 heteroatoms. The van der Waals surface area contributed by atoms with Crippen molar-refractivity contribution in [3.63, 3.8) is 0 Å². The first-order valence-corrected chi connectivity index (χ1v) is 28.7. The summed E-state index contributed by atoms with van der Waals surface area (Å²) in [5.41, 5.74) is 5.40. The number of hydrogen-bond acceptors (Lipinski definition) is 2. The third kappa shape index (κ3) is 4.78. The van der Waals surface area contributed by atoms with E-state index in [1.54, 1.807) is 0 Å². The average Bonchev–Trinajstić information content (AvgIpc) is 2.72. The van der Waals surface area contributed by atoms with E-state index < -0.39 is 33.1 Å². The topological polar surface area (TPSA) is 25.8 Å². The summed E-state index contributed by atoms with van der Waals surface area (Å²) < 4.78 is 1.30. The van der Waals surface area contributed by atoms with Gasteiger partial charge in [-0.05, 0) is 0 Å². The maximum absolute atomic E-state index is 4.88. The first-order valence-electron chi connectivity index (χ1n) is 11.3. The van der Waals surface area contributed by atoms with Gasteiger partial charge in [-0.25, -0.2) is 0 Å². The van der Waals surface area contributed by atoms with Gasteiger partial charge in [-0.2, -0.15) is 0 Å². The summed E-state index contributed by atoms with van der Waals surface area (Å²) in [4.78, 5) is 9.76. The molecule has 2 aromatic carbocycles. The van der Waals surface area contributed by atoms with E-state index in [0.29, 0.717) is 7.11 Å². The first-order chi connectivity index (χ1) is 15.1. The van der Waals surface area contributed by atoms with Gasteiger partial charge in [-0.15, -0.1) is 0 Å². The second kappa shape index (κ2) is 9.34. The zero-order chi connectivity index (χ0) is 23.1. The average molecular weight is 626 g/mol. The molecule has 0 bridgehead atoms. The van der Waals surface area contributed by atoms with Crippen LogP contribution < -0.4 is 0 Å². The van der Waals surface area contributed by atoms with Crippen LogP contribution in [0.4, 0.5) is 0 Å². The summed E-state index contributed by atoms with van der Waals surface area (Å²) in [6.07, 6.45) is 3.92. The maximum atomic E-state index is 4.88. The second-order valence-electron chi connectivity index (χ2n) is 10.8. The van der Waals surface area contributed by atoms with Crippen LogP contribution in [0.25, 0.3) is 21.8 Å². The van der Waals surface area contributed by atoms with Crippen LogP contribution in [-0.4, -0.2) is 55.2 Å². The minimum absolute atomic E-state index is 0.652. The summed E-state index contributed by atoms with van der Waals surface area (Å²) in [5, 5.41) is 2.53. The van der Waals surface area contributed by atoms with Crippen molar-refractivity contribution < 1.29 is 0 Å². The summed E-state index contributed by atoms with van der Waals surface area (Å²) in [7, 11) is -3.06. The number of pyridine rings is 2. The number of benzene rings is 2. The van der Waals surface area contributed by atoms with Gasteiger partial charge in [0, 0.05) is 0 Å². The van der Waals surface area contributed by atoms with Crippen molar-refractivity contribution in [2.24, 2.45) is 0 Å². The summed E-state index contributed by atoms with van der Waals surface area (Å²) in [6.45, 7) is 15.3. The quantitative estimate of drug-likeness (QED) is 0.224. The van der Waals surface area contributed by atoms with Crippen LogP contribution in [0, 0.1) is 0 Å². The van der Waals surface area contributed by atoms with Crippen LogP contribution in [0.15, 0.2) is 73.1 Å². The molecule has 0 aliphatic rings. The molecule has 164 valence electrons. The summed E-state index contributed by atoms with van der Waals surface area (Å²) in [5.74, 6) is 0. The van der Waals surface area contributed by atoms with Crippen molar-refractivity contribution in [1.82, 2.24) is 9.97 Å². The zero-order valence-corrected chi connectivity index (χ0v) is 26.5. The first kappa shape index (κ1) is 24.1. The van der Waals surface area contributed by atoms with Gasteiger partial charge in [0.05, 0.1) is 0 Å². The van der Waals surface area contributed by atoms with E-state index in [1.165, 1.54) is 32.9 Å². The molecule has 0 aliphatic heterocycles. The number of rotatable bonds is 6. The predicted octanol–water partition coefficient (Wildman–Crippen LogP) is 6.64. The standard InChI is InChI=1S/2C13H16NSi.Se.Sn/c2*1-15(2,3)10-12-7-4-6-11-8-5-9-14-13(11)12;;/h2*4-10H,1-3H3;;. The van der Waals surface area contributed by atoms with Crippen LogP contribution in [0.3, 0.4) is 0 Å². The Bertz CT molecular complexity index is 1180. The Hall–Kier alpha value is -0.988. The van der Waals surface area contributed by atoms with Crippen molar-refractivity contribution in [3.8, 4) is 0 Å². The van der Waals surface area contributed by atoms with E-state index >= 15 is 0 Å². The molecule has 0 fully saturated rings. The number of para-hydroxylation sites is 2. The Morgan fingerprint density at radius 2 is 1.00 bits per heavy atom. The number of nitrogens with zero attached hydrogens (tertiary/aromatic N) is 2. The predicted molar refractivity (Wildman–Crippen MR) is 147 cm³/mol. The molecule has 4 aromatic rings. The van der Waals surface area contributed by atoms with Crippen LogP contribution in [0.5, 0.6) is 0 Å². The van der Waals surface area contributed by atoms with E-state index in [0.717, 1.165) is 0 Å². The Morgan fingerprint density at radius 3 is 1.38 bits per heavy atom. The molecule has 2 unspecified atom stereocenters. The van der Waals surface area contributed by atoms with Crippen molar-refractivity contribution in [2.75, 3.05) is 0 Å². The van der Waals surface area contributed by atoms with Crippen LogP contribution >= 0.6 is 0 Å². The number of hydrogen-bond donors (Lipinski definition) is 0. The van der Waals surface area contributed by atoms with Crippen molar-refractivity contribution in [2.45, 2.75) is 46.4 Å². The molecule has 0 N–H and O–H groups in total. The van der Waals surface area contributed by atoms with Crippen molar-refractivity contribution in [1.29, 1.82) is 0 Å². The fourth-order valence-corrected chi connectivity index (χ4v) is 64.5. The molecule has 32 heavy (non-hydrogen) atoms. The Kier molecular flexibility index (Phi) is 7.05. The van der Waals surface area contributed by atoms with E-state index in [9.17, 15) is 0 Å². The molecule has 0 saturated heterocycles. The fraction of sp³-hybridized carbons (Fsp3) is 0.308. The van der Waals surface area contributed by atoms with Gasteiger partial charge in [0.25, 0.3) is 0 Å². The Morgan fingerprint density at radius 1 is 0.625 bits per heavy atom. The van der Waals surface area contributed by atoms with Crippen LogP contribution in [-0.2, 0) is 0 Å². The summed E-state index contributed by atoms with van der Waals surface area (Å²) in [6, 6.07) is 22.2. The molecule has 0 aliphatic carbocycles. The molecule has 4 rings (SSSR count). The normalized spacial score (nSPS) is 14.4. The fourth-order valence-electron chi connectivity index (χ4n) is 4.98. The van der Waals surface area contributed by atoms with Gasteiger partial charge in [-0.3, -0.25) is 0 Å². The minimum atomic E-state index is -2.19. The third-order valence-corrected chi connectivity index (χ3v) is 47.3. The molecule has 2 aromatic heterocycles. The number of fused-ring (bicyclic) bond motifs is 2. The van der Waals surface area contributed by atoms with E-state index in [1.807, 2.05) is 12.4 Å². The van der Waals surface area contributed by atoms with Crippen LogP contribution in [0.2, 0.25) is 39.3 Å². The second-order valence-corrected chi connectivity index (χ2v) is 37.0. The van der Waals surface area contributed by atoms with Gasteiger partial charge < -0.3 is 0 Å². The molecule has 2 atom stereocenters. The monoisotopic (exact) mass is 628 g/mol. The molecule has 2 heterocycles. The zero-order valence-electron chi connectivity index (χ0n) is 19.9. The van der Waals surface area contributed by atoms with Gasteiger partial charge in [0.2, 0.25) is 0 Å². The van der Waals surface area contributed by atoms with Crippen LogP contribution in [0.1, 0.15) is 18.2 Å². The summed E-state index contributed by atoms with van der Waals surface area (Å²) >= 11 is 1.74.